The average molecular weight is 445 g/mol. The van der Waals surface area contributed by atoms with E-state index in [1.54, 1.807) is 35.2 Å². The maximum atomic E-state index is 14.3. The Morgan fingerprint density at radius 3 is 2.34 bits per heavy atom. The Morgan fingerprint density at radius 2 is 1.75 bits per heavy atom. The van der Waals surface area contributed by atoms with Crippen molar-refractivity contribution in [1.82, 2.24) is 9.80 Å². The van der Waals surface area contributed by atoms with Gasteiger partial charge in [-0.2, -0.15) is 0 Å². The van der Waals surface area contributed by atoms with Crippen LogP contribution in [0, 0.1) is 11.6 Å². The Labute approximate surface area is 187 Å². The van der Waals surface area contributed by atoms with Gasteiger partial charge in [-0.3, -0.25) is 14.5 Å². The molecule has 1 aliphatic rings. The summed E-state index contributed by atoms with van der Waals surface area (Å²) < 4.78 is 27.5. The molecule has 172 valence electrons. The van der Waals surface area contributed by atoms with E-state index in [0.29, 0.717) is 26.1 Å². The molecule has 2 aromatic rings. The fraction of sp³-hybridized carbons (Fsp3) is 0.417. The zero-order valence-electron chi connectivity index (χ0n) is 18.4. The molecule has 0 radical (unpaired) electrons. The molecule has 8 heteroatoms. The predicted octanol–water partition coefficient (Wildman–Crippen LogP) is 2.02. The van der Waals surface area contributed by atoms with Crippen molar-refractivity contribution in [3.63, 3.8) is 0 Å². The minimum Gasteiger partial charge on any atom is -0.369 e. The summed E-state index contributed by atoms with van der Waals surface area (Å²) in [5.41, 5.74) is 12.9. The molecule has 3 rings (SSSR count). The fourth-order valence-electron chi connectivity index (χ4n) is 4.45. The Balaban J connectivity index is 1.65. The van der Waals surface area contributed by atoms with E-state index in [1.807, 2.05) is 13.8 Å². The van der Waals surface area contributed by atoms with Gasteiger partial charge < -0.3 is 16.4 Å². The lowest BCUT2D eigenvalue weighted by Crippen LogP contribution is -2.60. The highest BCUT2D eigenvalue weighted by Crippen LogP contribution is 2.27. The van der Waals surface area contributed by atoms with Crippen molar-refractivity contribution in [2.45, 2.75) is 44.3 Å². The van der Waals surface area contributed by atoms with Gasteiger partial charge in [-0.25, -0.2) is 8.78 Å². The molecule has 1 heterocycles. The fourth-order valence-corrected chi connectivity index (χ4v) is 4.45. The third-order valence-electron chi connectivity index (χ3n) is 6.23. The number of hydrogen-bond acceptors (Lipinski definition) is 4. The standard InChI is InChI=1S/C24H30F2N4O2/c1-15-14-29(16(2)22(23(28)31)19-5-3-4-6-20(19)26)11-12-30(15)24(32)21(27)13-17-7-9-18(25)10-8-17/h3-10,15-16,21-22H,11-14,27H2,1-2H3,(H2,28,31). The number of carbonyl (C=O) groups excluding carboxylic acids is 2. The van der Waals surface area contributed by atoms with Crippen LogP contribution < -0.4 is 11.5 Å². The minimum absolute atomic E-state index is 0.146. The summed E-state index contributed by atoms with van der Waals surface area (Å²) in [4.78, 5) is 28.9. The minimum atomic E-state index is -0.800. The van der Waals surface area contributed by atoms with Crippen LogP contribution >= 0.6 is 0 Å². The largest absolute Gasteiger partial charge is 0.369 e. The van der Waals surface area contributed by atoms with Crippen LogP contribution in [0.25, 0.3) is 0 Å². The Morgan fingerprint density at radius 1 is 1.09 bits per heavy atom. The second-order valence-corrected chi connectivity index (χ2v) is 8.45. The molecular weight excluding hydrogens is 414 g/mol. The third-order valence-corrected chi connectivity index (χ3v) is 6.23. The lowest BCUT2D eigenvalue weighted by molar-refractivity contribution is -0.138. The van der Waals surface area contributed by atoms with Gasteiger partial charge in [-0.1, -0.05) is 30.3 Å². The maximum Gasteiger partial charge on any atom is 0.240 e. The SMILES string of the molecule is CC(C(C(N)=O)c1ccccc1F)N1CCN(C(=O)C(N)Cc2ccc(F)cc2)C(C)C1. The highest BCUT2D eigenvalue weighted by molar-refractivity contribution is 5.83. The number of carbonyl (C=O) groups is 2. The summed E-state index contributed by atoms with van der Waals surface area (Å²) in [5.74, 6) is -2.36. The summed E-state index contributed by atoms with van der Waals surface area (Å²) in [5, 5.41) is 0. The first-order valence-electron chi connectivity index (χ1n) is 10.8. The van der Waals surface area contributed by atoms with Gasteiger partial charge >= 0.3 is 0 Å². The molecule has 4 atom stereocenters. The normalized spacial score (nSPS) is 19.9. The van der Waals surface area contributed by atoms with Gasteiger partial charge in [0, 0.05) is 37.3 Å². The van der Waals surface area contributed by atoms with Crippen LogP contribution in [0.4, 0.5) is 8.78 Å². The summed E-state index contributed by atoms with van der Waals surface area (Å²) in [6.45, 7) is 5.23. The molecule has 2 aromatic carbocycles. The third kappa shape index (κ3) is 5.31. The van der Waals surface area contributed by atoms with Gasteiger partial charge in [0.15, 0.2) is 0 Å². The number of nitrogens with zero attached hydrogens (tertiary/aromatic N) is 2. The van der Waals surface area contributed by atoms with Gasteiger partial charge in [-0.15, -0.1) is 0 Å². The van der Waals surface area contributed by atoms with Gasteiger partial charge in [0.25, 0.3) is 0 Å². The molecule has 0 aliphatic carbocycles. The lowest BCUT2D eigenvalue weighted by atomic mass is 9.89. The molecule has 1 saturated heterocycles. The highest BCUT2D eigenvalue weighted by atomic mass is 19.1. The topological polar surface area (TPSA) is 92.7 Å². The summed E-state index contributed by atoms with van der Waals surface area (Å²) >= 11 is 0. The van der Waals surface area contributed by atoms with E-state index < -0.39 is 23.7 Å². The lowest BCUT2D eigenvalue weighted by Gasteiger charge is -2.44. The Kier molecular flexibility index (Phi) is 7.58. The first kappa shape index (κ1) is 23.8. The van der Waals surface area contributed by atoms with Crippen LogP contribution in [0.5, 0.6) is 0 Å². The number of rotatable bonds is 7. The molecular formula is C24H30F2N4O2. The zero-order chi connectivity index (χ0) is 23.4. The van der Waals surface area contributed by atoms with Gasteiger partial charge in [0.05, 0.1) is 12.0 Å². The number of hydrogen-bond donors (Lipinski definition) is 2. The number of amides is 2. The summed E-state index contributed by atoms with van der Waals surface area (Å²) in [7, 11) is 0. The van der Waals surface area contributed by atoms with Crippen molar-refractivity contribution >= 4 is 11.8 Å². The van der Waals surface area contributed by atoms with E-state index in [-0.39, 0.29) is 29.4 Å². The number of benzene rings is 2. The molecule has 0 saturated carbocycles. The van der Waals surface area contributed by atoms with E-state index in [2.05, 4.69) is 4.90 Å². The molecule has 0 bridgehead atoms. The van der Waals surface area contributed by atoms with Crippen molar-refractivity contribution in [3.05, 3.63) is 71.3 Å². The number of primary amides is 1. The molecule has 32 heavy (non-hydrogen) atoms. The van der Waals surface area contributed by atoms with Crippen LogP contribution in [0.3, 0.4) is 0 Å². The molecule has 6 nitrogen and oxygen atoms in total. The van der Waals surface area contributed by atoms with Crippen molar-refractivity contribution in [1.29, 1.82) is 0 Å². The van der Waals surface area contributed by atoms with Crippen LogP contribution in [0.2, 0.25) is 0 Å². The van der Waals surface area contributed by atoms with Gasteiger partial charge in [0.1, 0.15) is 11.6 Å². The van der Waals surface area contributed by atoms with E-state index in [1.165, 1.54) is 18.2 Å². The van der Waals surface area contributed by atoms with Crippen LogP contribution in [0.15, 0.2) is 48.5 Å². The van der Waals surface area contributed by atoms with Gasteiger partial charge in [0.2, 0.25) is 11.8 Å². The van der Waals surface area contributed by atoms with E-state index >= 15 is 0 Å². The zero-order valence-corrected chi connectivity index (χ0v) is 18.4. The molecule has 4 unspecified atom stereocenters. The monoisotopic (exact) mass is 444 g/mol. The highest BCUT2D eigenvalue weighted by Gasteiger charge is 2.36. The second kappa shape index (κ2) is 10.2. The van der Waals surface area contributed by atoms with Crippen molar-refractivity contribution in [2.75, 3.05) is 19.6 Å². The summed E-state index contributed by atoms with van der Waals surface area (Å²) in [6.07, 6.45) is 0.319. The van der Waals surface area contributed by atoms with Crippen molar-refractivity contribution in [2.24, 2.45) is 11.5 Å². The number of piperazine rings is 1. The van der Waals surface area contributed by atoms with E-state index in [9.17, 15) is 18.4 Å². The van der Waals surface area contributed by atoms with Crippen LogP contribution in [-0.2, 0) is 16.0 Å². The number of halogens is 2. The summed E-state index contributed by atoms with van der Waals surface area (Å²) in [6, 6.07) is 10.9. The van der Waals surface area contributed by atoms with Gasteiger partial charge in [-0.05, 0) is 44.0 Å². The average Bonchev–Trinajstić information content (AvgIpc) is 2.76. The smallest absolute Gasteiger partial charge is 0.240 e. The molecule has 2 amide bonds. The van der Waals surface area contributed by atoms with Crippen LogP contribution in [0.1, 0.15) is 30.9 Å². The molecule has 1 fully saturated rings. The Hall–Kier alpha value is -2.84. The molecule has 0 aromatic heterocycles. The Bertz CT molecular complexity index is 953. The first-order chi connectivity index (χ1) is 15.2. The van der Waals surface area contributed by atoms with E-state index in [4.69, 9.17) is 11.5 Å². The van der Waals surface area contributed by atoms with Crippen LogP contribution in [-0.4, -0.2) is 59.4 Å². The van der Waals surface area contributed by atoms with E-state index in [0.717, 1.165) is 5.56 Å². The molecule has 4 N–H and O–H groups in total. The molecule has 0 spiro atoms. The van der Waals surface area contributed by atoms with Crippen molar-refractivity contribution < 1.29 is 18.4 Å². The molecule has 1 aliphatic heterocycles. The second-order valence-electron chi connectivity index (χ2n) is 8.45. The van der Waals surface area contributed by atoms with Crippen molar-refractivity contribution in [3.8, 4) is 0 Å². The number of nitrogens with two attached hydrogens (primary N) is 2. The quantitative estimate of drug-likeness (QED) is 0.684. The predicted molar refractivity (Wildman–Crippen MR) is 119 cm³/mol. The maximum absolute atomic E-state index is 14.3. The first-order valence-corrected chi connectivity index (χ1v) is 10.8.